The maximum atomic E-state index is 4.83. The van der Waals surface area contributed by atoms with Crippen LogP contribution in [0.2, 0.25) is 0 Å². The Morgan fingerprint density at radius 2 is 1.53 bits per heavy atom. The summed E-state index contributed by atoms with van der Waals surface area (Å²) in [5, 5.41) is 10.8. The van der Waals surface area contributed by atoms with Gasteiger partial charge in [-0.3, -0.25) is 9.36 Å². The van der Waals surface area contributed by atoms with Crippen LogP contribution in [-0.2, 0) is 29.5 Å². The monoisotopic (exact) mass is 482 g/mol. The van der Waals surface area contributed by atoms with Gasteiger partial charge in [0.15, 0.2) is 0 Å². The first kappa shape index (κ1) is 24.3. The van der Waals surface area contributed by atoms with E-state index in [1.165, 1.54) is 16.6 Å². The van der Waals surface area contributed by atoms with E-state index in [2.05, 4.69) is 118 Å². The summed E-state index contributed by atoms with van der Waals surface area (Å²) in [6, 6.07) is 15.4. The smallest absolute Gasteiger partial charge is 0.0963 e. The van der Waals surface area contributed by atoms with Crippen LogP contribution in [0.4, 0.5) is 0 Å². The number of fused-ring (bicyclic) bond motifs is 2. The average Bonchev–Trinajstić information content (AvgIpc) is 3.50. The molecule has 0 spiro atoms. The zero-order valence-corrected chi connectivity index (χ0v) is 22.9. The van der Waals surface area contributed by atoms with Crippen LogP contribution >= 0.6 is 0 Å². The standard InChI is InChI=1S/C30H38N6/c1-28(2,3)27-13-14-34(33-27)19-22-9-11-23-18-32-36(25(23)16-22)30(7,8)17-21-10-12-24-26(15-21)35(20-31-24)29(4,5)6/h9-16,18,20H,17,19H2,1-8H3. The van der Waals surface area contributed by atoms with Gasteiger partial charge in [-0.1, -0.05) is 39.0 Å². The van der Waals surface area contributed by atoms with Crippen LogP contribution in [0.3, 0.4) is 0 Å². The fourth-order valence-corrected chi connectivity index (χ4v) is 4.95. The molecule has 0 aliphatic rings. The van der Waals surface area contributed by atoms with Crippen molar-refractivity contribution in [1.82, 2.24) is 29.1 Å². The van der Waals surface area contributed by atoms with Gasteiger partial charge in [-0.05, 0) is 76.4 Å². The largest absolute Gasteiger partial charge is 0.325 e. The number of rotatable bonds is 5. The van der Waals surface area contributed by atoms with Gasteiger partial charge in [0.05, 0.1) is 46.9 Å². The highest BCUT2D eigenvalue weighted by atomic mass is 15.3. The lowest BCUT2D eigenvalue weighted by Crippen LogP contribution is -2.30. The lowest BCUT2D eigenvalue weighted by molar-refractivity contribution is 0.328. The number of aromatic nitrogens is 6. The third-order valence-electron chi connectivity index (χ3n) is 6.93. The SMILES string of the molecule is CC(C)(C)c1ccn(Cc2ccc3cnn(C(C)(C)Cc4ccc5ncn(C(C)(C)C)c5c4)c3c2)n1. The predicted octanol–water partition coefficient (Wildman–Crippen LogP) is 6.66. The van der Waals surface area contributed by atoms with Crippen LogP contribution in [0.5, 0.6) is 0 Å². The molecule has 6 nitrogen and oxygen atoms in total. The Hall–Kier alpha value is -3.41. The van der Waals surface area contributed by atoms with Gasteiger partial charge >= 0.3 is 0 Å². The summed E-state index contributed by atoms with van der Waals surface area (Å²) in [7, 11) is 0. The average molecular weight is 483 g/mol. The molecule has 0 amide bonds. The van der Waals surface area contributed by atoms with Gasteiger partial charge in [-0.25, -0.2) is 4.98 Å². The highest BCUT2D eigenvalue weighted by molar-refractivity contribution is 5.80. The lowest BCUT2D eigenvalue weighted by Gasteiger charge is -2.27. The summed E-state index contributed by atoms with van der Waals surface area (Å²) in [4.78, 5) is 4.61. The molecule has 5 aromatic rings. The summed E-state index contributed by atoms with van der Waals surface area (Å²) >= 11 is 0. The van der Waals surface area contributed by atoms with Crippen molar-refractivity contribution in [1.29, 1.82) is 0 Å². The molecule has 0 aliphatic heterocycles. The van der Waals surface area contributed by atoms with E-state index >= 15 is 0 Å². The molecule has 0 bridgehead atoms. The molecule has 0 saturated heterocycles. The van der Waals surface area contributed by atoms with Crippen molar-refractivity contribution in [3.63, 3.8) is 0 Å². The molecule has 0 fully saturated rings. The van der Waals surface area contributed by atoms with Crippen LogP contribution in [0.1, 0.15) is 72.2 Å². The number of nitrogens with zero attached hydrogens (tertiary/aromatic N) is 6. The van der Waals surface area contributed by atoms with Gasteiger partial charge in [-0.2, -0.15) is 10.2 Å². The number of benzene rings is 2. The van der Waals surface area contributed by atoms with Crippen LogP contribution < -0.4 is 0 Å². The summed E-state index contributed by atoms with van der Waals surface area (Å²) in [6.07, 6.45) is 6.87. The van der Waals surface area contributed by atoms with Crippen molar-refractivity contribution in [3.8, 4) is 0 Å². The molecule has 36 heavy (non-hydrogen) atoms. The van der Waals surface area contributed by atoms with Gasteiger partial charge < -0.3 is 4.57 Å². The molecule has 0 N–H and O–H groups in total. The van der Waals surface area contributed by atoms with Crippen LogP contribution in [0.25, 0.3) is 21.9 Å². The van der Waals surface area contributed by atoms with E-state index in [0.29, 0.717) is 0 Å². The molecule has 0 aliphatic carbocycles. The first-order chi connectivity index (χ1) is 16.8. The van der Waals surface area contributed by atoms with Crippen molar-refractivity contribution >= 4 is 21.9 Å². The number of hydrogen-bond acceptors (Lipinski definition) is 3. The zero-order valence-electron chi connectivity index (χ0n) is 22.9. The van der Waals surface area contributed by atoms with Gasteiger partial charge in [0.25, 0.3) is 0 Å². The minimum Gasteiger partial charge on any atom is -0.325 e. The van der Waals surface area contributed by atoms with E-state index in [-0.39, 0.29) is 16.5 Å². The molecule has 0 unspecified atom stereocenters. The molecular formula is C30H38N6. The first-order valence-corrected chi connectivity index (χ1v) is 12.8. The third-order valence-corrected chi connectivity index (χ3v) is 6.93. The lowest BCUT2D eigenvalue weighted by atomic mass is 9.93. The fourth-order valence-electron chi connectivity index (χ4n) is 4.95. The Morgan fingerprint density at radius 1 is 0.806 bits per heavy atom. The molecule has 0 saturated carbocycles. The Bertz CT molecular complexity index is 1530. The molecular weight excluding hydrogens is 444 g/mol. The van der Waals surface area contributed by atoms with Crippen LogP contribution in [0.15, 0.2) is 61.2 Å². The van der Waals surface area contributed by atoms with Crippen LogP contribution in [0, 0.1) is 0 Å². The molecule has 0 radical (unpaired) electrons. The second-order valence-corrected chi connectivity index (χ2v) is 12.7. The molecule has 2 aromatic carbocycles. The van der Waals surface area contributed by atoms with Crippen molar-refractivity contribution in [2.45, 2.75) is 84.8 Å². The van der Waals surface area contributed by atoms with E-state index in [1.54, 1.807) is 0 Å². The second-order valence-electron chi connectivity index (χ2n) is 12.7. The minimum atomic E-state index is -0.203. The van der Waals surface area contributed by atoms with Crippen molar-refractivity contribution in [2.75, 3.05) is 0 Å². The molecule has 6 heteroatoms. The van der Waals surface area contributed by atoms with Gasteiger partial charge in [0.1, 0.15) is 0 Å². The quantitative estimate of drug-likeness (QED) is 0.281. The number of imidazole rings is 1. The summed E-state index contributed by atoms with van der Waals surface area (Å²) < 4.78 is 6.47. The molecule has 0 atom stereocenters. The first-order valence-electron chi connectivity index (χ1n) is 12.8. The molecule has 3 heterocycles. The molecule has 3 aromatic heterocycles. The summed E-state index contributed by atoms with van der Waals surface area (Å²) in [6.45, 7) is 18.5. The van der Waals surface area contributed by atoms with E-state index < -0.39 is 0 Å². The fraction of sp³-hybridized carbons (Fsp3) is 0.433. The predicted molar refractivity (Wildman–Crippen MR) is 148 cm³/mol. The Morgan fingerprint density at radius 3 is 2.22 bits per heavy atom. The van der Waals surface area contributed by atoms with Crippen LogP contribution in [-0.4, -0.2) is 29.1 Å². The Balaban J connectivity index is 1.45. The third kappa shape index (κ3) is 4.57. The maximum absolute atomic E-state index is 4.83. The van der Waals surface area contributed by atoms with Gasteiger partial charge in [0, 0.05) is 22.5 Å². The van der Waals surface area contributed by atoms with Gasteiger partial charge in [-0.15, -0.1) is 0 Å². The summed E-state index contributed by atoms with van der Waals surface area (Å²) in [5.41, 5.74) is 6.81. The maximum Gasteiger partial charge on any atom is 0.0963 e. The van der Waals surface area contributed by atoms with Gasteiger partial charge in [0.2, 0.25) is 0 Å². The molecule has 5 rings (SSSR count). The normalized spacial score (nSPS) is 13.2. The Labute approximate surface area is 214 Å². The topological polar surface area (TPSA) is 53.5 Å². The van der Waals surface area contributed by atoms with E-state index in [9.17, 15) is 0 Å². The molecule has 188 valence electrons. The van der Waals surface area contributed by atoms with E-state index in [4.69, 9.17) is 10.2 Å². The zero-order chi connectivity index (χ0) is 25.9. The Kier molecular flexibility index (Phi) is 5.62. The van der Waals surface area contributed by atoms with Crippen molar-refractivity contribution < 1.29 is 0 Å². The second kappa shape index (κ2) is 8.32. The summed E-state index contributed by atoms with van der Waals surface area (Å²) in [5.74, 6) is 0. The van der Waals surface area contributed by atoms with Crippen molar-refractivity contribution in [2.24, 2.45) is 0 Å². The van der Waals surface area contributed by atoms with E-state index in [0.717, 1.165) is 35.1 Å². The van der Waals surface area contributed by atoms with E-state index in [1.807, 2.05) is 17.2 Å². The highest BCUT2D eigenvalue weighted by Gasteiger charge is 2.25. The number of hydrogen-bond donors (Lipinski definition) is 0. The highest BCUT2D eigenvalue weighted by Crippen LogP contribution is 2.29. The minimum absolute atomic E-state index is 0.0142. The van der Waals surface area contributed by atoms with Crippen molar-refractivity contribution in [3.05, 3.63) is 78.0 Å².